The third kappa shape index (κ3) is 3.77. The van der Waals surface area contributed by atoms with Gasteiger partial charge >= 0.3 is 0 Å². The van der Waals surface area contributed by atoms with E-state index in [1.165, 1.54) is 19.3 Å². The number of benzene rings is 2. The molecule has 0 bridgehead atoms. The van der Waals surface area contributed by atoms with Crippen molar-refractivity contribution in [3.63, 3.8) is 0 Å². The molecule has 1 aromatic heterocycles. The van der Waals surface area contributed by atoms with Gasteiger partial charge in [0.2, 0.25) is 0 Å². The molecule has 1 aliphatic rings. The second-order valence-corrected chi connectivity index (χ2v) is 7.45. The standard InChI is InChI=1S/C24H27NO3/c1-27-22-13-7-8-14-23(22)28-16-15-25-17-20(19-11-5-6-12-21(19)25)24(26)18-9-3-2-4-10-18/h5-8,11-14,17-18H,2-4,9-10,15-16H2,1H3. The SMILES string of the molecule is COc1ccccc1OCCn1cc(C(=O)C2CCCCC2)c2ccccc21. The third-order valence-electron chi connectivity index (χ3n) is 5.69. The van der Waals surface area contributed by atoms with Crippen LogP contribution < -0.4 is 9.47 Å². The first kappa shape index (κ1) is 18.6. The van der Waals surface area contributed by atoms with Gasteiger partial charge in [0.1, 0.15) is 6.61 Å². The number of ketones is 1. The van der Waals surface area contributed by atoms with E-state index in [0.29, 0.717) is 18.9 Å². The highest BCUT2D eigenvalue weighted by Gasteiger charge is 2.25. The normalized spacial score (nSPS) is 14.9. The van der Waals surface area contributed by atoms with Crippen molar-refractivity contribution in [3.05, 3.63) is 60.3 Å². The van der Waals surface area contributed by atoms with Gasteiger partial charge in [0, 0.05) is 28.6 Å². The van der Waals surface area contributed by atoms with Gasteiger partial charge in [-0.3, -0.25) is 4.79 Å². The molecule has 0 atom stereocenters. The number of carbonyl (C=O) groups excluding carboxylic acids is 1. The molecule has 146 valence electrons. The number of para-hydroxylation sites is 3. The first-order valence-electron chi connectivity index (χ1n) is 10.2. The lowest BCUT2D eigenvalue weighted by molar-refractivity contribution is 0.0891. The fourth-order valence-electron chi connectivity index (χ4n) is 4.20. The lowest BCUT2D eigenvalue weighted by Crippen LogP contribution is -2.17. The summed E-state index contributed by atoms with van der Waals surface area (Å²) in [5, 5.41) is 1.05. The summed E-state index contributed by atoms with van der Waals surface area (Å²) >= 11 is 0. The summed E-state index contributed by atoms with van der Waals surface area (Å²) in [5.41, 5.74) is 1.95. The molecular weight excluding hydrogens is 350 g/mol. The van der Waals surface area contributed by atoms with E-state index in [9.17, 15) is 4.79 Å². The molecular formula is C24H27NO3. The monoisotopic (exact) mass is 377 g/mol. The maximum absolute atomic E-state index is 13.1. The number of hydrogen-bond acceptors (Lipinski definition) is 3. The number of nitrogens with zero attached hydrogens (tertiary/aromatic N) is 1. The predicted octanol–water partition coefficient (Wildman–Crippen LogP) is 5.49. The molecule has 0 amide bonds. The molecule has 0 radical (unpaired) electrons. The summed E-state index contributed by atoms with van der Waals surface area (Å²) in [6, 6.07) is 15.8. The van der Waals surface area contributed by atoms with E-state index in [2.05, 4.69) is 16.7 Å². The van der Waals surface area contributed by atoms with Gasteiger partial charge in [0.15, 0.2) is 17.3 Å². The molecule has 1 saturated carbocycles. The van der Waals surface area contributed by atoms with Crippen molar-refractivity contribution in [2.24, 2.45) is 5.92 Å². The van der Waals surface area contributed by atoms with E-state index in [-0.39, 0.29) is 5.92 Å². The van der Waals surface area contributed by atoms with Gasteiger partial charge in [-0.25, -0.2) is 0 Å². The lowest BCUT2D eigenvalue weighted by atomic mass is 9.84. The highest BCUT2D eigenvalue weighted by molar-refractivity contribution is 6.09. The topological polar surface area (TPSA) is 40.5 Å². The van der Waals surface area contributed by atoms with Crippen LogP contribution in [0, 0.1) is 5.92 Å². The average Bonchev–Trinajstić information content (AvgIpc) is 3.13. The van der Waals surface area contributed by atoms with Crippen molar-refractivity contribution in [1.82, 2.24) is 4.57 Å². The Morgan fingerprint density at radius 2 is 1.71 bits per heavy atom. The van der Waals surface area contributed by atoms with Crippen LogP contribution in [0.1, 0.15) is 42.5 Å². The minimum absolute atomic E-state index is 0.179. The third-order valence-corrected chi connectivity index (χ3v) is 5.69. The molecule has 0 N–H and O–H groups in total. The van der Waals surface area contributed by atoms with Gasteiger partial charge in [-0.1, -0.05) is 49.6 Å². The Bertz CT molecular complexity index is 953. The largest absolute Gasteiger partial charge is 0.493 e. The van der Waals surface area contributed by atoms with Crippen molar-refractivity contribution < 1.29 is 14.3 Å². The van der Waals surface area contributed by atoms with Crippen LogP contribution in [-0.2, 0) is 6.54 Å². The van der Waals surface area contributed by atoms with E-state index < -0.39 is 0 Å². The molecule has 0 saturated heterocycles. The summed E-state index contributed by atoms with van der Waals surface area (Å²) in [7, 11) is 1.64. The van der Waals surface area contributed by atoms with E-state index in [1.807, 2.05) is 42.6 Å². The second kappa shape index (κ2) is 8.51. The fourth-order valence-corrected chi connectivity index (χ4v) is 4.20. The molecule has 4 rings (SSSR count). The second-order valence-electron chi connectivity index (χ2n) is 7.45. The Morgan fingerprint density at radius 1 is 1.00 bits per heavy atom. The number of carbonyl (C=O) groups is 1. The Hall–Kier alpha value is -2.75. The van der Waals surface area contributed by atoms with Crippen LogP contribution in [0.2, 0.25) is 0 Å². The van der Waals surface area contributed by atoms with Crippen LogP contribution in [0.4, 0.5) is 0 Å². The van der Waals surface area contributed by atoms with Gasteiger partial charge in [-0.15, -0.1) is 0 Å². The Balaban J connectivity index is 1.53. The molecule has 0 unspecified atom stereocenters. The molecule has 1 heterocycles. The van der Waals surface area contributed by atoms with Crippen LogP contribution in [0.25, 0.3) is 10.9 Å². The zero-order valence-corrected chi connectivity index (χ0v) is 16.4. The Kier molecular flexibility index (Phi) is 5.65. The molecule has 3 aromatic rings. The van der Waals surface area contributed by atoms with E-state index >= 15 is 0 Å². The summed E-state index contributed by atoms with van der Waals surface area (Å²) < 4.78 is 13.4. The number of fused-ring (bicyclic) bond motifs is 1. The van der Waals surface area contributed by atoms with Gasteiger partial charge < -0.3 is 14.0 Å². The van der Waals surface area contributed by atoms with Crippen molar-refractivity contribution in [2.75, 3.05) is 13.7 Å². The van der Waals surface area contributed by atoms with Crippen LogP contribution in [-0.4, -0.2) is 24.1 Å². The Morgan fingerprint density at radius 3 is 2.50 bits per heavy atom. The molecule has 1 aliphatic carbocycles. The van der Waals surface area contributed by atoms with Crippen LogP contribution in [0.5, 0.6) is 11.5 Å². The van der Waals surface area contributed by atoms with Crippen LogP contribution in [0.15, 0.2) is 54.7 Å². The summed E-state index contributed by atoms with van der Waals surface area (Å²) in [5.74, 6) is 1.95. The maximum atomic E-state index is 13.1. The van der Waals surface area contributed by atoms with Crippen molar-refractivity contribution in [2.45, 2.75) is 38.6 Å². The Labute approximate surface area is 166 Å². The number of rotatable bonds is 7. The molecule has 4 heteroatoms. The van der Waals surface area contributed by atoms with E-state index in [1.54, 1.807) is 7.11 Å². The van der Waals surface area contributed by atoms with Gasteiger partial charge in [0.25, 0.3) is 0 Å². The number of ether oxygens (including phenoxy) is 2. The van der Waals surface area contributed by atoms with Gasteiger partial charge in [-0.2, -0.15) is 0 Å². The maximum Gasteiger partial charge on any atom is 0.168 e. The summed E-state index contributed by atoms with van der Waals surface area (Å²) in [6.07, 6.45) is 7.66. The first-order valence-corrected chi connectivity index (χ1v) is 10.2. The highest BCUT2D eigenvalue weighted by atomic mass is 16.5. The number of aromatic nitrogens is 1. The molecule has 0 aliphatic heterocycles. The summed E-state index contributed by atoms with van der Waals surface area (Å²) in [4.78, 5) is 13.1. The fraction of sp³-hybridized carbons (Fsp3) is 0.375. The highest BCUT2D eigenvalue weighted by Crippen LogP contribution is 2.31. The quantitative estimate of drug-likeness (QED) is 0.511. The number of Topliss-reactive ketones (excluding diaryl/α,β-unsaturated/α-hetero) is 1. The van der Waals surface area contributed by atoms with E-state index in [4.69, 9.17) is 9.47 Å². The van der Waals surface area contributed by atoms with Crippen LogP contribution >= 0.6 is 0 Å². The zero-order chi connectivity index (χ0) is 19.3. The smallest absolute Gasteiger partial charge is 0.168 e. The van der Waals surface area contributed by atoms with Crippen molar-refractivity contribution in [3.8, 4) is 11.5 Å². The molecule has 2 aromatic carbocycles. The number of methoxy groups -OCH3 is 1. The van der Waals surface area contributed by atoms with E-state index in [0.717, 1.165) is 40.8 Å². The van der Waals surface area contributed by atoms with Gasteiger partial charge in [-0.05, 0) is 31.0 Å². The molecule has 28 heavy (non-hydrogen) atoms. The first-order chi connectivity index (χ1) is 13.8. The molecule has 4 nitrogen and oxygen atoms in total. The molecule has 1 fully saturated rings. The summed E-state index contributed by atoms with van der Waals surface area (Å²) in [6.45, 7) is 1.19. The predicted molar refractivity (Wildman–Crippen MR) is 111 cm³/mol. The van der Waals surface area contributed by atoms with Gasteiger partial charge in [0.05, 0.1) is 13.7 Å². The minimum Gasteiger partial charge on any atom is -0.493 e. The lowest BCUT2D eigenvalue weighted by Gasteiger charge is -2.19. The van der Waals surface area contributed by atoms with Crippen molar-refractivity contribution in [1.29, 1.82) is 0 Å². The van der Waals surface area contributed by atoms with Crippen molar-refractivity contribution >= 4 is 16.7 Å². The molecule has 0 spiro atoms. The number of hydrogen-bond donors (Lipinski definition) is 0. The zero-order valence-electron chi connectivity index (χ0n) is 16.4. The average molecular weight is 377 g/mol. The minimum atomic E-state index is 0.179. The van der Waals surface area contributed by atoms with Crippen LogP contribution in [0.3, 0.4) is 0 Å².